The molecule has 0 radical (unpaired) electrons. The summed E-state index contributed by atoms with van der Waals surface area (Å²) in [4.78, 5) is 1.89. The Morgan fingerprint density at radius 1 is 1.10 bits per heavy atom. The van der Waals surface area contributed by atoms with Crippen molar-refractivity contribution < 1.29 is 27.8 Å². The van der Waals surface area contributed by atoms with Crippen molar-refractivity contribution >= 4 is 0 Å². The van der Waals surface area contributed by atoms with Crippen LogP contribution in [0.25, 0.3) is 0 Å². The van der Waals surface area contributed by atoms with Gasteiger partial charge >= 0.3 is 6.18 Å². The lowest BCUT2D eigenvalue weighted by Gasteiger charge is -2.16. The summed E-state index contributed by atoms with van der Waals surface area (Å²) in [5, 5.41) is 18.4. The van der Waals surface area contributed by atoms with Gasteiger partial charge in [0.25, 0.3) is 0 Å². The molecular weight excluding hydrogens is 290 g/mol. The third-order valence-electron chi connectivity index (χ3n) is 3.87. The zero-order chi connectivity index (χ0) is 15.6. The zero-order valence-corrected chi connectivity index (χ0v) is 11.3. The third kappa shape index (κ3) is 3.72. The molecule has 1 fully saturated rings. The van der Waals surface area contributed by atoms with Gasteiger partial charge in [-0.3, -0.25) is 4.90 Å². The molecule has 0 saturated carbocycles. The minimum absolute atomic E-state index is 0.0525. The van der Waals surface area contributed by atoms with E-state index in [2.05, 4.69) is 0 Å². The summed E-state index contributed by atoms with van der Waals surface area (Å²) < 4.78 is 50.9. The van der Waals surface area contributed by atoms with Crippen LogP contribution in [0.1, 0.15) is 11.1 Å². The van der Waals surface area contributed by atoms with E-state index in [1.165, 1.54) is 6.07 Å². The van der Waals surface area contributed by atoms with Crippen LogP contribution in [-0.4, -0.2) is 41.4 Å². The van der Waals surface area contributed by atoms with Crippen molar-refractivity contribution in [1.82, 2.24) is 4.90 Å². The maximum atomic E-state index is 13.5. The molecular formula is C14H17F4NO2. The second-order valence-corrected chi connectivity index (χ2v) is 5.39. The molecule has 1 saturated heterocycles. The highest BCUT2D eigenvalue weighted by Crippen LogP contribution is 2.32. The van der Waals surface area contributed by atoms with E-state index in [9.17, 15) is 27.8 Å². The predicted octanol–water partition coefficient (Wildman–Crippen LogP) is 1.88. The fraction of sp³-hybridized carbons (Fsp3) is 0.571. The van der Waals surface area contributed by atoms with Gasteiger partial charge in [0.1, 0.15) is 5.82 Å². The standard InChI is InChI=1S/C14H17F4NO2/c15-13-3-9(1-2-12(13)14(16,17)18)4-19-5-10(7-20)11(6-19)8-21/h1-3,10-11,20-21H,4-8H2/t10-,11-/m0/s1. The van der Waals surface area contributed by atoms with Crippen LogP contribution in [0.2, 0.25) is 0 Å². The van der Waals surface area contributed by atoms with Crippen LogP contribution in [0, 0.1) is 17.7 Å². The van der Waals surface area contributed by atoms with E-state index in [4.69, 9.17) is 0 Å². The molecule has 0 bridgehead atoms. The number of aliphatic hydroxyl groups excluding tert-OH is 2. The minimum Gasteiger partial charge on any atom is -0.396 e. The summed E-state index contributed by atoms with van der Waals surface area (Å²) in [5.41, 5.74) is -0.829. The number of nitrogens with zero attached hydrogens (tertiary/aromatic N) is 1. The van der Waals surface area contributed by atoms with E-state index in [0.717, 1.165) is 12.1 Å². The summed E-state index contributed by atoms with van der Waals surface area (Å²) in [6, 6.07) is 2.89. The number of hydrogen-bond donors (Lipinski definition) is 2. The van der Waals surface area contributed by atoms with Gasteiger partial charge in [-0.25, -0.2) is 4.39 Å². The van der Waals surface area contributed by atoms with Crippen LogP contribution >= 0.6 is 0 Å². The quantitative estimate of drug-likeness (QED) is 0.835. The van der Waals surface area contributed by atoms with Gasteiger partial charge in [-0.05, 0) is 17.7 Å². The molecule has 2 atom stereocenters. The summed E-state index contributed by atoms with van der Waals surface area (Å²) >= 11 is 0. The zero-order valence-electron chi connectivity index (χ0n) is 11.3. The van der Waals surface area contributed by atoms with Crippen LogP contribution in [0.4, 0.5) is 17.6 Å². The largest absolute Gasteiger partial charge is 0.419 e. The molecule has 1 aliphatic heterocycles. The number of likely N-dealkylation sites (tertiary alicyclic amines) is 1. The fourth-order valence-electron chi connectivity index (χ4n) is 2.72. The van der Waals surface area contributed by atoms with E-state index in [1.54, 1.807) is 0 Å². The van der Waals surface area contributed by atoms with Crippen LogP contribution in [0.3, 0.4) is 0 Å². The van der Waals surface area contributed by atoms with Crippen molar-refractivity contribution in [3.63, 3.8) is 0 Å². The van der Waals surface area contributed by atoms with Crippen molar-refractivity contribution in [2.24, 2.45) is 11.8 Å². The molecule has 0 spiro atoms. The lowest BCUT2D eigenvalue weighted by Crippen LogP contribution is -2.21. The topological polar surface area (TPSA) is 43.7 Å². The Morgan fingerprint density at radius 2 is 1.67 bits per heavy atom. The van der Waals surface area contributed by atoms with Gasteiger partial charge < -0.3 is 10.2 Å². The van der Waals surface area contributed by atoms with Crippen LogP contribution in [0.15, 0.2) is 18.2 Å². The monoisotopic (exact) mass is 307 g/mol. The molecule has 1 aromatic carbocycles. The summed E-state index contributed by atoms with van der Waals surface area (Å²) in [6.07, 6.45) is -4.69. The normalized spacial score (nSPS) is 23.7. The smallest absolute Gasteiger partial charge is 0.396 e. The fourth-order valence-corrected chi connectivity index (χ4v) is 2.72. The molecule has 0 aromatic heterocycles. The van der Waals surface area contributed by atoms with Crippen molar-refractivity contribution in [3.8, 4) is 0 Å². The molecule has 7 heteroatoms. The first-order chi connectivity index (χ1) is 9.85. The highest BCUT2D eigenvalue weighted by Gasteiger charge is 2.35. The molecule has 21 heavy (non-hydrogen) atoms. The Kier molecular flexibility index (Phi) is 4.85. The molecule has 0 aliphatic carbocycles. The van der Waals surface area contributed by atoms with E-state index in [-0.39, 0.29) is 25.0 Å². The first kappa shape index (κ1) is 16.2. The SMILES string of the molecule is OC[C@@H]1CN(Cc2ccc(C(F)(F)F)c(F)c2)C[C@H]1CO. The number of benzene rings is 1. The second kappa shape index (κ2) is 6.29. The van der Waals surface area contributed by atoms with Crippen LogP contribution in [-0.2, 0) is 12.7 Å². The van der Waals surface area contributed by atoms with Gasteiger partial charge in [0, 0.05) is 44.7 Å². The Balaban J connectivity index is 2.06. The van der Waals surface area contributed by atoms with E-state index in [0.29, 0.717) is 25.2 Å². The van der Waals surface area contributed by atoms with Gasteiger partial charge in [0.15, 0.2) is 0 Å². The lowest BCUT2D eigenvalue weighted by molar-refractivity contribution is -0.140. The van der Waals surface area contributed by atoms with Gasteiger partial charge in [0.2, 0.25) is 0 Å². The highest BCUT2D eigenvalue weighted by molar-refractivity contribution is 5.26. The Hall–Kier alpha value is -1.18. The molecule has 0 amide bonds. The molecule has 1 heterocycles. The van der Waals surface area contributed by atoms with E-state index < -0.39 is 17.6 Å². The van der Waals surface area contributed by atoms with Crippen LogP contribution < -0.4 is 0 Å². The average Bonchev–Trinajstić information content (AvgIpc) is 2.79. The van der Waals surface area contributed by atoms with Crippen LogP contribution in [0.5, 0.6) is 0 Å². The van der Waals surface area contributed by atoms with Gasteiger partial charge in [-0.1, -0.05) is 6.07 Å². The van der Waals surface area contributed by atoms with Gasteiger partial charge in [-0.2, -0.15) is 13.2 Å². The van der Waals surface area contributed by atoms with E-state index in [1.807, 2.05) is 4.90 Å². The Morgan fingerprint density at radius 3 is 2.10 bits per heavy atom. The summed E-state index contributed by atoms with van der Waals surface area (Å²) in [5.74, 6) is -1.40. The predicted molar refractivity (Wildman–Crippen MR) is 67.8 cm³/mol. The maximum Gasteiger partial charge on any atom is 0.419 e. The molecule has 2 rings (SSSR count). The minimum atomic E-state index is -4.69. The van der Waals surface area contributed by atoms with Crippen molar-refractivity contribution in [3.05, 3.63) is 35.1 Å². The number of hydrogen-bond acceptors (Lipinski definition) is 3. The van der Waals surface area contributed by atoms with Gasteiger partial charge in [-0.15, -0.1) is 0 Å². The Bertz CT molecular complexity index is 480. The van der Waals surface area contributed by atoms with Crippen molar-refractivity contribution in [2.45, 2.75) is 12.7 Å². The molecule has 1 aliphatic rings. The maximum absolute atomic E-state index is 13.5. The number of rotatable bonds is 4. The first-order valence-corrected chi connectivity index (χ1v) is 6.64. The molecule has 1 aromatic rings. The first-order valence-electron chi connectivity index (χ1n) is 6.64. The second-order valence-electron chi connectivity index (χ2n) is 5.39. The van der Waals surface area contributed by atoms with E-state index >= 15 is 0 Å². The summed E-state index contributed by atoms with van der Waals surface area (Å²) in [7, 11) is 0. The lowest BCUT2D eigenvalue weighted by atomic mass is 9.98. The van der Waals surface area contributed by atoms with Gasteiger partial charge in [0.05, 0.1) is 5.56 Å². The molecule has 0 unspecified atom stereocenters. The van der Waals surface area contributed by atoms with Crippen molar-refractivity contribution in [2.75, 3.05) is 26.3 Å². The van der Waals surface area contributed by atoms with Crippen molar-refractivity contribution in [1.29, 1.82) is 0 Å². The molecule has 3 nitrogen and oxygen atoms in total. The number of aliphatic hydroxyl groups is 2. The molecule has 118 valence electrons. The number of halogens is 4. The highest BCUT2D eigenvalue weighted by atomic mass is 19.4. The number of alkyl halides is 3. The summed E-state index contributed by atoms with van der Waals surface area (Å²) in [6.45, 7) is 1.25. The third-order valence-corrected chi connectivity index (χ3v) is 3.87. The Labute approximate surface area is 119 Å². The average molecular weight is 307 g/mol. The molecule has 2 N–H and O–H groups in total.